The molecule has 3 atom stereocenters. The van der Waals surface area contributed by atoms with E-state index >= 15 is 0 Å². The first kappa shape index (κ1) is 17.8. The lowest BCUT2D eigenvalue weighted by atomic mass is 9.89. The van der Waals surface area contributed by atoms with Gasteiger partial charge in [-0.25, -0.2) is 0 Å². The molecule has 1 aromatic heterocycles. The van der Waals surface area contributed by atoms with E-state index in [2.05, 4.69) is 22.3 Å². The molecule has 4 rings (SSSR count). The quantitative estimate of drug-likeness (QED) is 0.856. The molecule has 1 aromatic carbocycles. The third-order valence-electron chi connectivity index (χ3n) is 5.79. The van der Waals surface area contributed by atoms with Crippen molar-refractivity contribution in [2.45, 2.75) is 63.6 Å². The first-order valence-corrected chi connectivity index (χ1v) is 10.8. The highest BCUT2D eigenvalue weighted by molar-refractivity contribution is 7.17. The minimum absolute atomic E-state index is 0.0105. The molecule has 1 aliphatic heterocycles. The van der Waals surface area contributed by atoms with Crippen molar-refractivity contribution in [2.75, 3.05) is 13.1 Å². The number of nitrogens with zero attached hydrogens (tertiary/aromatic N) is 1. The molecule has 1 saturated carbocycles. The van der Waals surface area contributed by atoms with Crippen LogP contribution in [0.15, 0.2) is 29.6 Å². The van der Waals surface area contributed by atoms with Crippen LogP contribution in [0.2, 0.25) is 0 Å². The Hall–Kier alpha value is -1.59. The number of carbonyl (C=O) groups excluding carboxylic acids is 1. The maximum absolute atomic E-state index is 12.8. The van der Waals surface area contributed by atoms with Crippen molar-refractivity contribution in [2.24, 2.45) is 0 Å². The summed E-state index contributed by atoms with van der Waals surface area (Å²) in [4.78, 5) is 15.4. The van der Waals surface area contributed by atoms with E-state index in [9.17, 15) is 4.79 Å². The summed E-state index contributed by atoms with van der Waals surface area (Å²) < 4.78 is 7.21. The monoisotopic (exact) mass is 372 g/mol. The molecule has 26 heavy (non-hydrogen) atoms. The van der Waals surface area contributed by atoms with Crippen LogP contribution in [0.25, 0.3) is 10.1 Å². The Morgan fingerprint density at radius 1 is 1.19 bits per heavy atom. The van der Waals surface area contributed by atoms with Crippen molar-refractivity contribution in [3.63, 3.8) is 0 Å². The Morgan fingerprint density at radius 3 is 2.81 bits per heavy atom. The van der Waals surface area contributed by atoms with E-state index in [-0.39, 0.29) is 11.9 Å². The third-order valence-corrected chi connectivity index (χ3v) is 6.73. The molecule has 2 heterocycles. The predicted octanol–water partition coefficient (Wildman–Crippen LogP) is 4.19. The summed E-state index contributed by atoms with van der Waals surface area (Å²) in [5.41, 5.74) is 0. The van der Waals surface area contributed by atoms with Gasteiger partial charge >= 0.3 is 0 Å². The molecule has 1 amide bonds. The normalized spacial score (nSPS) is 25.3. The summed E-state index contributed by atoms with van der Waals surface area (Å²) in [6.45, 7) is 4.23. The van der Waals surface area contributed by atoms with E-state index in [4.69, 9.17) is 4.74 Å². The van der Waals surface area contributed by atoms with E-state index in [0.29, 0.717) is 6.04 Å². The summed E-state index contributed by atoms with van der Waals surface area (Å²) in [7, 11) is 0. The van der Waals surface area contributed by atoms with Crippen LogP contribution in [-0.4, -0.2) is 42.1 Å². The first-order chi connectivity index (χ1) is 12.7. The van der Waals surface area contributed by atoms with Gasteiger partial charge in [0.1, 0.15) is 5.75 Å². The second-order valence-corrected chi connectivity index (χ2v) is 8.48. The molecular weight excluding hydrogens is 344 g/mol. The number of likely N-dealkylation sites (tertiary alicyclic amines) is 1. The Bertz CT molecular complexity index is 753. The second-order valence-electron chi connectivity index (χ2n) is 7.57. The number of hydrogen-bond acceptors (Lipinski definition) is 4. The smallest absolute Gasteiger partial charge is 0.261 e. The van der Waals surface area contributed by atoms with Gasteiger partial charge in [-0.3, -0.25) is 9.69 Å². The fourth-order valence-electron chi connectivity index (χ4n) is 4.38. The Labute approximate surface area is 159 Å². The summed E-state index contributed by atoms with van der Waals surface area (Å²) in [6, 6.07) is 8.94. The summed E-state index contributed by atoms with van der Waals surface area (Å²) in [5.74, 6) is 0.823. The van der Waals surface area contributed by atoms with Crippen LogP contribution in [0, 0.1) is 0 Å². The van der Waals surface area contributed by atoms with Crippen LogP contribution in [0.4, 0.5) is 0 Å². The maximum Gasteiger partial charge on any atom is 0.261 e. The van der Waals surface area contributed by atoms with E-state index in [0.717, 1.165) is 17.6 Å². The molecule has 1 saturated heterocycles. The molecule has 1 aliphatic carbocycles. The highest BCUT2D eigenvalue weighted by Gasteiger charge is 2.33. The van der Waals surface area contributed by atoms with Crippen molar-refractivity contribution in [1.82, 2.24) is 10.2 Å². The average Bonchev–Trinajstić information content (AvgIpc) is 3.33. The topological polar surface area (TPSA) is 41.6 Å². The van der Waals surface area contributed by atoms with E-state index < -0.39 is 6.10 Å². The molecule has 0 radical (unpaired) electrons. The second kappa shape index (κ2) is 7.97. The number of benzene rings is 1. The van der Waals surface area contributed by atoms with Crippen molar-refractivity contribution in [1.29, 1.82) is 0 Å². The van der Waals surface area contributed by atoms with E-state index in [1.165, 1.54) is 49.9 Å². The summed E-state index contributed by atoms with van der Waals surface area (Å²) in [5, 5.41) is 6.39. The minimum Gasteiger partial charge on any atom is -0.479 e. The van der Waals surface area contributed by atoms with Gasteiger partial charge in [0, 0.05) is 27.5 Å². The average molecular weight is 373 g/mol. The zero-order valence-electron chi connectivity index (χ0n) is 15.4. The van der Waals surface area contributed by atoms with Crippen LogP contribution in [-0.2, 0) is 4.79 Å². The van der Waals surface area contributed by atoms with Gasteiger partial charge in [-0.15, -0.1) is 11.3 Å². The van der Waals surface area contributed by atoms with Crippen molar-refractivity contribution in [3.8, 4) is 5.75 Å². The summed E-state index contributed by atoms with van der Waals surface area (Å²) in [6.07, 6.45) is 6.88. The van der Waals surface area contributed by atoms with Crippen LogP contribution >= 0.6 is 11.3 Å². The SMILES string of the molecule is CC(Oc1csc2ccccc12)C(=O)NC1CCCCC1N1CCCC1. The Balaban J connectivity index is 1.40. The van der Waals surface area contributed by atoms with Crippen LogP contribution in [0.5, 0.6) is 5.75 Å². The number of nitrogens with one attached hydrogen (secondary N) is 1. The first-order valence-electron chi connectivity index (χ1n) is 9.89. The molecule has 2 aliphatic rings. The van der Waals surface area contributed by atoms with E-state index in [1.54, 1.807) is 11.3 Å². The predicted molar refractivity (Wildman–Crippen MR) is 107 cm³/mol. The van der Waals surface area contributed by atoms with Gasteiger partial charge in [-0.05, 0) is 57.8 Å². The van der Waals surface area contributed by atoms with Gasteiger partial charge in [-0.1, -0.05) is 25.0 Å². The van der Waals surface area contributed by atoms with Gasteiger partial charge in [0.05, 0.1) is 0 Å². The third kappa shape index (κ3) is 3.74. The standard InChI is InChI=1S/C21H28N2O2S/c1-15(25-19-14-26-20-11-5-2-8-16(19)20)21(24)22-17-9-3-4-10-18(17)23-12-6-7-13-23/h2,5,8,11,14-15,17-18H,3-4,6-7,9-10,12-13H2,1H3,(H,22,24). The molecule has 5 heteroatoms. The molecule has 3 unspecified atom stereocenters. The number of hydrogen-bond donors (Lipinski definition) is 1. The lowest BCUT2D eigenvalue weighted by molar-refractivity contribution is -0.128. The van der Waals surface area contributed by atoms with Crippen molar-refractivity contribution >= 4 is 27.3 Å². The number of amides is 1. The highest BCUT2D eigenvalue weighted by Crippen LogP contribution is 2.32. The number of thiophene rings is 1. The van der Waals surface area contributed by atoms with Crippen LogP contribution < -0.4 is 10.1 Å². The molecule has 1 N–H and O–H groups in total. The van der Waals surface area contributed by atoms with Gasteiger partial charge in [0.2, 0.25) is 0 Å². The zero-order chi connectivity index (χ0) is 17.9. The maximum atomic E-state index is 12.8. The van der Waals surface area contributed by atoms with Gasteiger partial charge < -0.3 is 10.1 Å². The molecule has 0 spiro atoms. The number of carbonyl (C=O) groups is 1. The Morgan fingerprint density at radius 2 is 1.96 bits per heavy atom. The molecule has 140 valence electrons. The van der Waals surface area contributed by atoms with Gasteiger partial charge in [-0.2, -0.15) is 0 Å². The Kier molecular flexibility index (Phi) is 5.46. The van der Waals surface area contributed by atoms with Crippen molar-refractivity contribution in [3.05, 3.63) is 29.6 Å². The van der Waals surface area contributed by atoms with Crippen molar-refractivity contribution < 1.29 is 9.53 Å². The molecule has 2 fully saturated rings. The largest absolute Gasteiger partial charge is 0.479 e. The van der Waals surface area contributed by atoms with Gasteiger partial charge in [0.15, 0.2) is 6.10 Å². The van der Waals surface area contributed by atoms with E-state index in [1.807, 2.05) is 24.4 Å². The molecule has 2 aromatic rings. The molecular formula is C21H28N2O2S. The number of ether oxygens (including phenoxy) is 1. The highest BCUT2D eigenvalue weighted by atomic mass is 32.1. The fraction of sp³-hybridized carbons (Fsp3) is 0.571. The minimum atomic E-state index is -0.478. The van der Waals surface area contributed by atoms with Gasteiger partial charge in [0.25, 0.3) is 5.91 Å². The molecule has 4 nitrogen and oxygen atoms in total. The van der Waals surface area contributed by atoms with Crippen LogP contribution in [0.1, 0.15) is 45.4 Å². The summed E-state index contributed by atoms with van der Waals surface area (Å²) >= 11 is 1.66. The number of fused-ring (bicyclic) bond motifs is 1. The molecule has 0 bridgehead atoms. The fourth-order valence-corrected chi connectivity index (χ4v) is 5.25. The lowest BCUT2D eigenvalue weighted by Crippen LogP contribution is -2.54. The van der Waals surface area contributed by atoms with Crippen LogP contribution in [0.3, 0.4) is 0 Å². The lowest BCUT2D eigenvalue weighted by Gasteiger charge is -2.38. The zero-order valence-corrected chi connectivity index (χ0v) is 16.3. The number of rotatable bonds is 5.